The van der Waals surface area contributed by atoms with Gasteiger partial charge in [-0.05, 0) is 27.7 Å². The van der Waals surface area contributed by atoms with Gasteiger partial charge in [0.15, 0.2) is 0 Å². The molecular formula is C7H15O4P. The Morgan fingerprint density at radius 2 is 2.17 bits per heavy atom. The first kappa shape index (κ1) is 10.2. The van der Waals surface area contributed by atoms with Crippen molar-refractivity contribution in [1.82, 2.24) is 0 Å². The third-order valence-electron chi connectivity index (χ3n) is 1.90. The largest absolute Gasteiger partial charge is 0.475 e. The fourth-order valence-electron chi connectivity index (χ4n) is 0.919. The summed E-state index contributed by atoms with van der Waals surface area (Å²) < 4.78 is 26.8. The average molecular weight is 194 g/mol. The maximum absolute atomic E-state index is 11.6. The number of rotatable bonds is 2. The molecule has 1 heterocycles. The summed E-state index contributed by atoms with van der Waals surface area (Å²) in [5.41, 5.74) is -0.523. The Kier molecular flexibility index (Phi) is 2.64. The molecule has 0 amide bonds. The van der Waals surface area contributed by atoms with E-state index in [-0.39, 0.29) is 6.10 Å². The van der Waals surface area contributed by atoms with E-state index in [0.29, 0.717) is 6.61 Å². The second-order valence-corrected chi connectivity index (χ2v) is 4.85. The predicted octanol–water partition coefficient (Wildman–Crippen LogP) is 2.34. The fourth-order valence-corrected chi connectivity index (χ4v) is 2.76. The van der Waals surface area contributed by atoms with E-state index >= 15 is 0 Å². The molecule has 12 heavy (non-hydrogen) atoms. The van der Waals surface area contributed by atoms with Crippen LogP contribution in [-0.4, -0.2) is 18.3 Å². The van der Waals surface area contributed by atoms with Crippen LogP contribution in [-0.2, 0) is 18.1 Å². The van der Waals surface area contributed by atoms with Crippen LogP contribution in [0.4, 0.5) is 0 Å². The second kappa shape index (κ2) is 3.11. The van der Waals surface area contributed by atoms with Crippen LogP contribution in [0.2, 0.25) is 0 Å². The van der Waals surface area contributed by atoms with Gasteiger partial charge in [-0.2, -0.15) is 0 Å². The zero-order chi connectivity index (χ0) is 9.41. The maximum Gasteiger partial charge on any atom is 0.475 e. The van der Waals surface area contributed by atoms with Crippen LogP contribution >= 0.6 is 7.82 Å². The van der Waals surface area contributed by atoms with Gasteiger partial charge in [0, 0.05) is 0 Å². The van der Waals surface area contributed by atoms with E-state index in [1.165, 1.54) is 0 Å². The number of phosphoric acid groups is 1. The molecule has 2 unspecified atom stereocenters. The molecule has 0 aromatic heterocycles. The fraction of sp³-hybridized carbons (Fsp3) is 1.00. The van der Waals surface area contributed by atoms with Gasteiger partial charge in [-0.1, -0.05) is 0 Å². The predicted molar refractivity (Wildman–Crippen MR) is 44.9 cm³/mol. The summed E-state index contributed by atoms with van der Waals surface area (Å²) in [4.78, 5) is 0. The molecule has 0 aromatic rings. The summed E-state index contributed by atoms with van der Waals surface area (Å²) in [7, 11) is -3.25. The first-order chi connectivity index (χ1) is 5.40. The number of hydrogen-bond donors (Lipinski definition) is 0. The Balaban J connectivity index is 2.71. The molecule has 2 atom stereocenters. The lowest BCUT2D eigenvalue weighted by molar-refractivity contribution is 0.0812. The first-order valence-corrected chi connectivity index (χ1v) is 5.49. The molecule has 0 radical (unpaired) electrons. The summed E-state index contributed by atoms with van der Waals surface area (Å²) in [6, 6.07) is 0. The second-order valence-electron chi connectivity index (χ2n) is 3.31. The minimum atomic E-state index is -3.25. The molecule has 4 nitrogen and oxygen atoms in total. The summed E-state index contributed by atoms with van der Waals surface area (Å²) >= 11 is 0. The monoisotopic (exact) mass is 194 g/mol. The van der Waals surface area contributed by atoms with Crippen LogP contribution in [0.15, 0.2) is 0 Å². The molecule has 0 N–H and O–H groups in total. The smallest absolute Gasteiger partial charge is 0.287 e. The van der Waals surface area contributed by atoms with Gasteiger partial charge in [-0.25, -0.2) is 4.57 Å². The Bertz CT molecular complexity index is 213. The van der Waals surface area contributed by atoms with E-state index in [4.69, 9.17) is 13.6 Å². The Labute approximate surface area is 72.8 Å². The molecule has 1 aliphatic heterocycles. The highest BCUT2D eigenvalue weighted by molar-refractivity contribution is 7.48. The molecule has 1 aliphatic rings. The van der Waals surface area contributed by atoms with Gasteiger partial charge in [0.05, 0.1) is 12.7 Å². The van der Waals surface area contributed by atoms with Gasteiger partial charge < -0.3 is 0 Å². The highest BCUT2D eigenvalue weighted by atomic mass is 31.2. The lowest BCUT2D eigenvalue weighted by Gasteiger charge is -2.18. The molecule has 1 fully saturated rings. The van der Waals surface area contributed by atoms with Crippen molar-refractivity contribution in [2.45, 2.75) is 39.4 Å². The van der Waals surface area contributed by atoms with Gasteiger partial charge in [-0.3, -0.25) is 13.6 Å². The topological polar surface area (TPSA) is 44.8 Å². The molecule has 0 spiro atoms. The van der Waals surface area contributed by atoms with Gasteiger partial charge in [0.25, 0.3) is 0 Å². The minimum Gasteiger partial charge on any atom is -0.287 e. The van der Waals surface area contributed by atoms with Crippen molar-refractivity contribution >= 4 is 7.82 Å². The summed E-state index contributed by atoms with van der Waals surface area (Å²) in [6.07, 6.45) is -0.199. The van der Waals surface area contributed by atoms with Gasteiger partial charge in [-0.15, -0.1) is 0 Å². The molecule has 0 aromatic carbocycles. The van der Waals surface area contributed by atoms with E-state index in [0.717, 1.165) is 0 Å². The SMILES string of the molecule is CCOP1(=O)OC(C)C(C)(C)O1. The van der Waals surface area contributed by atoms with Crippen molar-refractivity contribution in [2.75, 3.05) is 6.61 Å². The van der Waals surface area contributed by atoms with Crippen LogP contribution in [0.25, 0.3) is 0 Å². The minimum absolute atomic E-state index is 0.199. The van der Waals surface area contributed by atoms with Gasteiger partial charge in [0.1, 0.15) is 5.60 Å². The lowest BCUT2D eigenvalue weighted by atomic mass is 10.0. The van der Waals surface area contributed by atoms with Crippen LogP contribution in [0.3, 0.4) is 0 Å². The summed E-state index contributed by atoms with van der Waals surface area (Å²) in [6.45, 7) is 7.56. The molecule has 0 aliphatic carbocycles. The quantitative estimate of drug-likeness (QED) is 0.633. The number of phosphoric ester groups is 1. The first-order valence-electron chi connectivity index (χ1n) is 4.03. The normalized spacial score (nSPS) is 40.2. The van der Waals surface area contributed by atoms with E-state index < -0.39 is 13.4 Å². The van der Waals surface area contributed by atoms with Gasteiger partial charge >= 0.3 is 7.82 Å². The Morgan fingerprint density at radius 1 is 1.58 bits per heavy atom. The van der Waals surface area contributed by atoms with E-state index in [9.17, 15) is 4.57 Å². The molecule has 1 saturated heterocycles. The third kappa shape index (κ3) is 1.88. The van der Waals surface area contributed by atoms with Crippen molar-refractivity contribution in [3.05, 3.63) is 0 Å². The lowest BCUT2D eigenvalue weighted by Crippen LogP contribution is -2.29. The van der Waals surface area contributed by atoms with E-state index in [1.807, 2.05) is 20.8 Å². The maximum atomic E-state index is 11.6. The molecular weight excluding hydrogens is 179 g/mol. The molecule has 72 valence electrons. The van der Waals surface area contributed by atoms with Crippen LogP contribution in [0, 0.1) is 0 Å². The van der Waals surface area contributed by atoms with Crippen molar-refractivity contribution in [3.8, 4) is 0 Å². The van der Waals surface area contributed by atoms with Crippen molar-refractivity contribution < 1.29 is 18.1 Å². The Hall–Kier alpha value is 0.110. The van der Waals surface area contributed by atoms with Crippen molar-refractivity contribution in [2.24, 2.45) is 0 Å². The van der Waals surface area contributed by atoms with Crippen molar-refractivity contribution in [1.29, 1.82) is 0 Å². The average Bonchev–Trinajstić information content (AvgIpc) is 2.02. The summed E-state index contributed by atoms with van der Waals surface area (Å²) in [5, 5.41) is 0. The van der Waals surface area contributed by atoms with Crippen LogP contribution in [0.5, 0.6) is 0 Å². The van der Waals surface area contributed by atoms with E-state index in [2.05, 4.69) is 0 Å². The number of hydrogen-bond acceptors (Lipinski definition) is 4. The third-order valence-corrected chi connectivity index (χ3v) is 3.74. The highest BCUT2D eigenvalue weighted by Crippen LogP contribution is 2.60. The van der Waals surface area contributed by atoms with Crippen LogP contribution < -0.4 is 0 Å². The van der Waals surface area contributed by atoms with Gasteiger partial charge in [0.2, 0.25) is 0 Å². The molecule has 0 saturated carbocycles. The van der Waals surface area contributed by atoms with Crippen molar-refractivity contribution in [3.63, 3.8) is 0 Å². The standard InChI is InChI=1S/C7H15O4P/c1-5-9-12(8)10-6(2)7(3,4)11-12/h6H,5H2,1-4H3. The van der Waals surface area contributed by atoms with E-state index in [1.54, 1.807) is 6.92 Å². The molecule has 0 bridgehead atoms. The summed E-state index contributed by atoms with van der Waals surface area (Å²) in [5.74, 6) is 0. The Morgan fingerprint density at radius 3 is 2.50 bits per heavy atom. The highest BCUT2D eigenvalue weighted by Gasteiger charge is 2.48. The van der Waals surface area contributed by atoms with Crippen LogP contribution in [0.1, 0.15) is 27.7 Å². The molecule has 1 rings (SSSR count). The zero-order valence-corrected chi connectivity index (χ0v) is 8.76. The zero-order valence-electron chi connectivity index (χ0n) is 7.86. The molecule has 5 heteroatoms.